The summed E-state index contributed by atoms with van der Waals surface area (Å²) in [5.41, 5.74) is 6.82. The first kappa shape index (κ1) is 17.2. The highest BCUT2D eigenvalue weighted by Gasteiger charge is 2.08. The van der Waals surface area contributed by atoms with Gasteiger partial charge in [0.15, 0.2) is 0 Å². The van der Waals surface area contributed by atoms with E-state index in [0.29, 0.717) is 41.5 Å². The number of carbonyl (C=O) groups is 2. The lowest BCUT2D eigenvalue weighted by molar-refractivity contribution is -0.140. The predicted octanol–water partition coefficient (Wildman–Crippen LogP) is 1.90. The Morgan fingerprint density at radius 3 is 2.62 bits per heavy atom. The summed E-state index contributed by atoms with van der Waals surface area (Å²) in [6.07, 6.45) is 0.716. The third-order valence-electron chi connectivity index (χ3n) is 2.65. The van der Waals surface area contributed by atoms with Gasteiger partial charge in [0.2, 0.25) is 5.91 Å². The largest absolute Gasteiger partial charge is 0.494 e. The Kier molecular flexibility index (Phi) is 7.45. The maximum atomic E-state index is 11.8. The van der Waals surface area contributed by atoms with Crippen molar-refractivity contribution in [2.75, 3.05) is 36.8 Å². The molecule has 0 fully saturated rings. The SMILES string of the molecule is COC(=O)CCSCCC(=O)Nc1ccc(N)cc1OC. The highest BCUT2D eigenvalue weighted by atomic mass is 32.2. The number of nitrogen functional groups attached to an aromatic ring is 1. The molecule has 0 aromatic heterocycles. The molecule has 7 heteroatoms. The smallest absolute Gasteiger partial charge is 0.306 e. The molecule has 0 saturated heterocycles. The number of nitrogens with one attached hydrogen (secondary N) is 1. The molecule has 1 aromatic rings. The van der Waals surface area contributed by atoms with Crippen LogP contribution in [-0.2, 0) is 14.3 Å². The Hall–Kier alpha value is -1.89. The Morgan fingerprint density at radius 2 is 1.95 bits per heavy atom. The van der Waals surface area contributed by atoms with E-state index in [2.05, 4.69) is 10.1 Å². The standard InChI is InChI=1S/C14H20N2O4S/c1-19-12-9-10(15)3-4-11(12)16-13(17)5-7-21-8-6-14(18)20-2/h3-4,9H,5-8,15H2,1-2H3,(H,16,17). The minimum atomic E-state index is -0.237. The van der Waals surface area contributed by atoms with Crippen LogP contribution in [-0.4, -0.2) is 37.6 Å². The summed E-state index contributed by atoms with van der Waals surface area (Å²) in [7, 11) is 2.88. The summed E-state index contributed by atoms with van der Waals surface area (Å²) >= 11 is 1.54. The Bertz CT molecular complexity index is 494. The molecule has 116 valence electrons. The van der Waals surface area contributed by atoms with E-state index < -0.39 is 0 Å². The quantitative estimate of drug-likeness (QED) is 0.433. The van der Waals surface area contributed by atoms with E-state index in [1.165, 1.54) is 26.0 Å². The second-order valence-corrected chi connectivity index (χ2v) is 5.42. The summed E-state index contributed by atoms with van der Waals surface area (Å²) in [5.74, 6) is 1.47. The zero-order valence-electron chi connectivity index (χ0n) is 12.2. The fraction of sp³-hybridized carbons (Fsp3) is 0.429. The molecule has 0 aliphatic rings. The number of hydrogen-bond acceptors (Lipinski definition) is 6. The zero-order chi connectivity index (χ0) is 15.7. The van der Waals surface area contributed by atoms with Crippen LogP contribution < -0.4 is 15.8 Å². The number of carbonyl (C=O) groups excluding carboxylic acids is 2. The van der Waals surface area contributed by atoms with E-state index in [-0.39, 0.29) is 11.9 Å². The van der Waals surface area contributed by atoms with E-state index in [4.69, 9.17) is 10.5 Å². The van der Waals surface area contributed by atoms with Crippen molar-refractivity contribution in [3.8, 4) is 5.75 Å². The monoisotopic (exact) mass is 312 g/mol. The number of benzene rings is 1. The van der Waals surface area contributed by atoms with Gasteiger partial charge in [-0.15, -0.1) is 0 Å². The van der Waals surface area contributed by atoms with Gasteiger partial charge in [-0.2, -0.15) is 11.8 Å². The van der Waals surface area contributed by atoms with Crippen LogP contribution >= 0.6 is 11.8 Å². The topological polar surface area (TPSA) is 90.7 Å². The lowest BCUT2D eigenvalue weighted by atomic mass is 10.2. The molecule has 0 aliphatic heterocycles. The molecular formula is C14H20N2O4S. The fourth-order valence-electron chi connectivity index (χ4n) is 1.55. The van der Waals surface area contributed by atoms with Crippen molar-refractivity contribution in [1.29, 1.82) is 0 Å². The van der Waals surface area contributed by atoms with E-state index in [0.717, 1.165) is 0 Å². The van der Waals surface area contributed by atoms with E-state index in [9.17, 15) is 9.59 Å². The highest BCUT2D eigenvalue weighted by molar-refractivity contribution is 7.99. The van der Waals surface area contributed by atoms with Gasteiger partial charge in [-0.3, -0.25) is 9.59 Å². The third-order valence-corrected chi connectivity index (χ3v) is 3.64. The number of esters is 1. The van der Waals surface area contributed by atoms with Crippen LogP contribution in [0.3, 0.4) is 0 Å². The molecule has 0 spiro atoms. The minimum Gasteiger partial charge on any atom is -0.494 e. The van der Waals surface area contributed by atoms with Crippen LogP contribution in [0.5, 0.6) is 5.75 Å². The van der Waals surface area contributed by atoms with Crippen molar-refractivity contribution in [2.45, 2.75) is 12.8 Å². The van der Waals surface area contributed by atoms with Gasteiger partial charge in [0.1, 0.15) is 5.75 Å². The van der Waals surface area contributed by atoms with Crippen molar-refractivity contribution in [3.05, 3.63) is 18.2 Å². The maximum absolute atomic E-state index is 11.8. The number of methoxy groups -OCH3 is 2. The van der Waals surface area contributed by atoms with Gasteiger partial charge in [-0.25, -0.2) is 0 Å². The Labute approximate surface area is 128 Å². The van der Waals surface area contributed by atoms with Crippen molar-refractivity contribution in [3.63, 3.8) is 0 Å². The molecule has 21 heavy (non-hydrogen) atoms. The molecule has 0 heterocycles. The summed E-state index contributed by atoms with van der Waals surface area (Å²) in [4.78, 5) is 22.7. The summed E-state index contributed by atoms with van der Waals surface area (Å²) < 4.78 is 9.69. The molecule has 0 atom stereocenters. The van der Waals surface area contributed by atoms with Crippen molar-refractivity contribution in [2.24, 2.45) is 0 Å². The van der Waals surface area contributed by atoms with E-state index in [1.807, 2.05) is 0 Å². The highest BCUT2D eigenvalue weighted by Crippen LogP contribution is 2.26. The Balaban J connectivity index is 2.32. The van der Waals surface area contributed by atoms with Gasteiger partial charge < -0.3 is 20.5 Å². The molecule has 0 unspecified atom stereocenters. The molecule has 1 aromatic carbocycles. The second kappa shape index (κ2) is 9.12. The van der Waals surface area contributed by atoms with Crippen LogP contribution in [0.15, 0.2) is 18.2 Å². The predicted molar refractivity (Wildman–Crippen MR) is 84.6 cm³/mol. The van der Waals surface area contributed by atoms with Crippen LogP contribution in [0, 0.1) is 0 Å². The summed E-state index contributed by atoms with van der Waals surface area (Å²) in [5, 5.41) is 2.78. The fourth-order valence-corrected chi connectivity index (χ4v) is 2.39. The average molecular weight is 312 g/mol. The van der Waals surface area contributed by atoms with Crippen LogP contribution in [0.2, 0.25) is 0 Å². The first-order valence-corrected chi connectivity index (χ1v) is 7.60. The molecular weight excluding hydrogens is 292 g/mol. The normalized spacial score (nSPS) is 10.0. The van der Waals surface area contributed by atoms with Gasteiger partial charge in [0, 0.05) is 29.7 Å². The third kappa shape index (κ3) is 6.40. The second-order valence-electron chi connectivity index (χ2n) is 4.20. The number of ether oxygens (including phenoxy) is 2. The van der Waals surface area contributed by atoms with Gasteiger partial charge in [-0.05, 0) is 12.1 Å². The number of hydrogen-bond donors (Lipinski definition) is 2. The maximum Gasteiger partial charge on any atom is 0.306 e. The molecule has 0 aliphatic carbocycles. The summed E-state index contributed by atoms with van der Waals surface area (Å²) in [6.45, 7) is 0. The van der Waals surface area contributed by atoms with E-state index in [1.54, 1.807) is 18.2 Å². The molecule has 1 rings (SSSR count). The number of amides is 1. The molecule has 1 amide bonds. The number of thioether (sulfide) groups is 1. The number of anilines is 2. The van der Waals surface area contributed by atoms with Gasteiger partial charge >= 0.3 is 5.97 Å². The van der Waals surface area contributed by atoms with Crippen LogP contribution in [0.25, 0.3) is 0 Å². The first-order valence-electron chi connectivity index (χ1n) is 6.44. The van der Waals surface area contributed by atoms with Crippen molar-refractivity contribution < 1.29 is 19.1 Å². The lowest BCUT2D eigenvalue weighted by Gasteiger charge is -2.10. The van der Waals surface area contributed by atoms with Crippen molar-refractivity contribution in [1.82, 2.24) is 0 Å². The molecule has 0 saturated carbocycles. The molecule has 0 radical (unpaired) electrons. The molecule has 6 nitrogen and oxygen atoms in total. The molecule has 0 bridgehead atoms. The minimum absolute atomic E-state index is 0.108. The molecule has 3 N–H and O–H groups in total. The van der Waals surface area contributed by atoms with Crippen molar-refractivity contribution >= 4 is 35.0 Å². The van der Waals surface area contributed by atoms with Gasteiger partial charge in [0.25, 0.3) is 0 Å². The van der Waals surface area contributed by atoms with Gasteiger partial charge in [-0.1, -0.05) is 0 Å². The average Bonchev–Trinajstić information content (AvgIpc) is 2.48. The summed E-state index contributed by atoms with van der Waals surface area (Å²) in [6, 6.07) is 5.06. The zero-order valence-corrected chi connectivity index (χ0v) is 13.0. The Morgan fingerprint density at radius 1 is 1.24 bits per heavy atom. The van der Waals surface area contributed by atoms with E-state index >= 15 is 0 Å². The van der Waals surface area contributed by atoms with Gasteiger partial charge in [0.05, 0.1) is 26.3 Å². The lowest BCUT2D eigenvalue weighted by Crippen LogP contribution is -2.13. The number of nitrogens with two attached hydrogens (primary N) is 1. The first-order chi connectivity index (χ1) is 10.1. The van der Waals surface area contributed by atoms with Crippen LogP contribution in [0.1, 0.15) is 12.8 Å². The number of rotatable bonds is 8. The van der Waals surface area contributed by atoms with Crippen LogP contribution in [0.4, 0.5) is 11.4 Å².